The van der Waals surface area contributed by atoms with Crippen molar-refractivity contribution >= 4 is 31.6 Å². The molecule has 0 saturated heterocycles. The van der Waals surface area contributed by atoms with E-state index in [0.717, 1.165) is 45.4 Å². The second-order valence-electron chi connectivity index (χ2n) is 7.51. The Morgan fingerprint density at radius 1 is 1.07 bits per heavy atom. The highest BCUT2D eigenvalue weighted by Crippen LogP contribution is 2.52. The summed E-state index contributed by atoms with van der Waals surface area (Å²) in [5, 5.41) is 0. The topological polar surface area (TPSA) is 64.6 Å². The van der Waals surface area contributed by atoms with Crippen LogP contribution in [-0.2, 0) is 10.0 Å². The maximum atomic E-state index is 11.9. The van der Waals surface area contributed by atoms with Crippen LogP contribution in [0.25, 0.3) is 11.1 Å². The number of nitrogens with one attached hydrogen (secondary N) is 1. The number of fused-ring (bicyclic) bond motifs is 3. The highest BCUT2D eigenvalue weighted by atomic mass is 79.9. The summed E-state index contributed by atoms with van der Waals surface area (Å²) in [5.41, 5.74) is 6.37. The number of rotatable bonds is 4. The zero-order valence-electron chi connectivity index (χ0n) is 17.1. The van der Waals surface area contributed by atoms with Crippen molar-refractivity contribution in [2.75, 3.05) is 18.1 Å². The third-order valence-corrected chi connectivity index (χ3v) is 6.45. The summed E-state index contributed by atoms with van der Waals surface area (Å²) in [6.07, 6.45) is 0.726. The molecule has 4 rings (SSSR count). The number of hydrogen-bond acceptors (Lipinski definition) is 4. The summed E-state index contributed by atoms with van der Waals surface area (Å²) >= 11 is 3.65. The molecule has 1 atom stereocenters. The van der Waals surface area contributed by atoms with Crippen molar-refractivity contribution in [2.45, 2.75) is 20.0 Å². The Balaban J connectivity index is 2.01. The predicted molar refractivity (Wildman–Crippen MR) is 123 cm³/mol. The average Bonchev–Trinajstić information content (AvgIpc) is 2.67. The fourth-order valence-electron chi connectivity index (χ4n) is 3.97. The zero-order valence-corrected chi connectivity index (χ0v) is 19.5. The van der Waals surface area contributed by atoms with Gasteiger partial charge in [0.05, 0.1) is 24.6 Å². The van der Waals surface area contributed by atoms with E-state index in [2.05, 4.69) is 38.9 Å². The first-order valence-corrected chi connectivity index (χ1v) is 12.1. The van der Waals surface area contributed by atoms with Crippen molar-refractivity contribution < 1.29 is 17.9 Å². The van der Waals surface area contributed by atoms with Crippen molar-refractivity contribution in [3.8, 4) is 22.6 Å². The van der Waals surface area contributed by atoms with Crippen molar-refractivity contribution in [3.05, 3.63) is 75.3 Å². The van der Waals surface area contributed by atoms with Gasteiger partial charge in [0, 0.05) is 10.0 Å². The Morgan fingerprint density at radius 2 is 1.77 bits per heavy atom. The number of methoxy groups -OCH3 is 1. The van der Waals surface area contributed by atoms with Crippen LogP contribution in [0.4, 0.5) is 5.69 Å². The monoisotopic (exact) mass is 487 g/mol. The van der Waals surface area contributed by atoms with E-state index >= 15 is 0 Å². The van der Waals surface area contributed by atoms with Crippen LogP contribution in [0.3, 0.4) is 0 Å². The van der Waals surface area contributed by atoms with Gasteiger partial charge in [0.15, 0.2) is 6.10 Å². The van der Waals surface area contributed by atoms with E-state index < -0.39 is 16.1 Å². The van der Waals surface area contributed by atoms with E-state index in [-0.39, 0.29) is 0 Å². The van der Waals surface area contributed by atoms with Crippen molar-refractivity contribution in [3.63, 3.8) is 0 Å². The van der Waals surface area contributed by atoms with Gasteiger partial charge in [-0.15, -0.1) is 0 Å². The molecule has 3 aromatic rings. The van der Waals surface area contributed by atoms with E-state index in [0.29, 0.717) is 15.9 Å². The number of aryl methyl sites for hydroxylation is 2. The second-order valence-corrected chi connectivity index (χ2v) is 10.1. The summed E-state index contributed by atoms with van der Waals surface area (Å²) < 4.78 is 39.1. The first-order valence-electron chi connectivity index (χ1n) is 9.40. The van der Waals surface area contributed by atoms with Gasteiger partial charge in [0.25, 0.3) is 0 Å². The molecular weight excluding hydrogens is 466 g/mol. The van der Waals surface area contributed by atoms with Crippen LogP contribution in [0.15, 0.2) is 53.0 Å². The van der Waals surface area contributed by atoms with Gasteiger partial charge < -0.3 is 9.47 Å². The number of benzene rings is 3. The highest BCUT2D eigenvalue weighted by molar-refractivity contribution is 9.10. The third-order valence-electron chi connectivity index (χ3n) is 5.01. The lowest BCUT2D eigenvalue weighted by molar-refractivity contribution is 0.241. The van der Waals surface area contributed by atoms with Gasteiger partial charge in [-0.25, -0.2) is 8.42 Å². The van der Waals surface area contributed by atoms with Gasteiger partial charge in [0.1, 0.15) is 11.5 Å². The van der Waals surface area contributed by atoms with E-state index in [1.807, 2.05) is 38.1 Å². The minimum atomic E-state index is -3.44. The van der Waals surface area contributed by atoms with E-state index in [9.17, 15) is 8.42 Å². The highest BCUT2D eigenvalue weighted by Gasteiger charge is 2.33. The molecule has 30 heavy (non-hydrogen) atoms. The van der Waals surface area contributed by atoms with E-state index in [4.69, 9.17) is 9.47 Å². The largest absolute Gasteiger partial charge is 0.496 e. The van der Waals surface area contributed by atoms with Crippen LogP contribution in [-0.4, -0.2) is 21.8 Å². The zero-order chi connectivity index (χ0) is 21.6. The molecule has 0 radical (unpaired) electrons. The molecule has 1 aliphatic rings. The summed E-state index contributed by atoms with van der Waals surface area (Å²) in [4.78, 5) is 0. The molecule has 5 nitrogen and oxygen atoms in total. The molecule has 1 aliphatic heterocycles. The number of ether oxygens (including phenoxy) is 2. The fourth-order valence-corrected chi connectivity index (χ4v) is 5.33. The average molecular weight is 488 g/mol. The second kappa shape index (κ2) is 7.63. The van der Waals surface area contributed by atoms with Gasteiger partial charge >= 0.3 is 0 Å². The molecule has 0 bridgehead atoms. The van der Waals surface area contributed by atoms with Gasteiger partial charge in [0.2, 0.25) is 10.0 Å². The molecule has 0 aromatic heterocycles. The van der Waals surface area contributed by atoms with Crippen LogP contribution < -0.4 is 14.2 Å². The lowest BCUT2D eigenvalue weighted by Crippen LogP contribution is -2.18. The van der Waals surface area contributed by atoms with Crippen molar-refractivity contribution in [1.29, 1.82) is 0 Å². The number of hydrogen-bond donors (Lipinski definition) is 1. The molecule has 0 fully saturated rings. The SMILES string of the molecule is COc1cccc2c1-c1ccc(NS(C)(=O)=O)c(Br)c1C(c1cc(C)cc(C)c1)O2. The quantitative estimate of drug-likeness (QED) is 0.520. The summed E-state index contributed by atoms with van der Waals surface area (Å²) in [6, 6.07) is 15.7. The smallest absolute Gasteiger partial charge is 0.229 e. The minimum Gasteiger partial charge on any atom is -0.496 e. The molecule has 0 aliphatic carbocycles. The van der Waals surface area contributed by atoms with Crippen molar-refractivity contribution in [2.24, 2.45) is 0 Å². The standard InChI is InChI=1S/C23H22BrNO4S/c1-13-10-14(2)12-15(11-13)23-21-16(8-9-17(22(21)24)25-30(4,26)27)20-18(28-3)6-5-7-19(20)29-23/h5-12,23,25H,1-4H3. The Labute approximate surface area is 185 Å². The van der Waals surface area contributed by atoms with Crippen LogP contribution in [0.1, 0.15) is 28.4 Å². The van der Waals surface area contributed by atoms with E-state index in [1.54, 1.807) is 13.2 Å². The van der Waals surface area contributed by atoms with Gasteiger partial charge in [-0.05, 0) is 59.1 Å². The molecule has 3 aromatic carbocycles. The van der Waals surface area contributed by atoms with Crippen molar-refractivity contribution in [1.82, 2.24) is 0 Å². The summed E-state index contributed by atoms with van der Waals surface area (Å²) in [5.74, 6) is 1.42. The van der Waals surface area contributed by atoms with Crippen LogP contribution >= 0.6 is 15.9 Å². The molecule has 1 unspecified atom stereocenters. The molecular formula is C23H22BrNO4S. The van der Waals surface area contributed by atoms with Gasteiger partial charge in [-0.3, -0.25) is 4.72 Å². The number of halogens is 1. The first-order chi connectivity index (χ1) is 14.2. The normalized spacial score (nSPS) is 15.0. The lowest BCUT2D eigenvalue weighted by atomic mass is 9.88. The predicted octanol–water partition coefficient (Wildman–Crippen LogP) is 5.59. The lowest BCUT2D eigenvalue weighted by Gasteiger charge is -2.32. The molecule has 7 heteroatoms. The maximum absolute atomic E-state index is 11.9. The molecule has 0 amide bonds. The molecule has 0 spiro atoms. The van der Waals surface area contributed by atoms with Gasteiger partial charge in [-0.1, -0.05) is 41.5 Å². The Kier molecular flexibility index (Phi) is 5.28. The molecule has 0 saturated carbocycles. The molecule has 156 valence electrons. The minimum absolute atomic E-state index is 0.408. The Hall–Kier alpha value is -2.51. The molecule has 1 heterocycles. The first kappa shape index (κ1) is 20.8. The maximum Gasteiger partial charge on any atom is 0.229 e. The Morgan fingerprint density at radius 3 is 2.40 bits per heavy atom. The summed E-state index contributed by atoms with van der Waals surface area (Å²) in [7, 11) is -1.82. The third kappa shape index (κ3) is 3.79. The number of sulfonamides is 1. The molecule has 1 N–H and O–H groups in total. The number of anilines is 1. The Bertz CT molecular complexity index is 1230. The van der Waals surface area contributed by atoms with Crippen LogP contribution in [0.2, 0.25) is 0 Å². The van der Waals surface area contributed by atoms with Crippen LogP contribution in [0, 0.1) is 13.8 Å². The van der Waals surface area contributed by atoms with E-state index in [1.165, 1.54) is 0 Å². The fraction of sp³-hybridized carbons (Fsp3) is 0.217. The van der Waals surface area contributed by atoms with Gasteiger partial charge in [-0.2, -0.15) is 0 Å². The van der Waals surface area contributed by atoms with Crippen LogP contribution in [0.5, 0.6) is 11.5 Å². The summed E-state index contributed by atoms with van der Waals surface area (Å²) in [6.45, 7) is 4.10.